The van der Waals surface area contributed by atoms with Crippen molar-refractivity contribution in [1.82, 2.24) is 15.1 Å². The van der Waals surface area contributed by atoms with Crippen molar-refractivity contribution in [2.45, 2.75) is 30.2 Å². The first kappa shape index (κ1) is 18.5. The number of nitrogens with one attached hydrogen (secondary N) is 1. The minimum absolute atomic E-state index is 0.156. The standard InChI is InChI=1S/C18H24ClN3O2S/c19-14-3-5-16(6-4-14)25-11-7-17(23)21-9-1-2-15(13-21)22-10-8-20-12-18(22)24/h3-6,15,20H,1-2,7-13H2. The number of carbonyl (C=O) groups excluding carboxylic acids is 2. The first-order valence-corrected chi connectivity index (χ1v) is 10.2. The number of likely N-dealkylation sites (tertiary alicyclic amines) is 1. The molecule has 136 valence electrons. The first-order chi connectivity index (χ1) is 12.1. The number of rotatable bonds is 5. The molecule has 1 aromatic carbocycles. The second-order valence-electron chi connectivity index (χ2n) is 6.45. The van der Waals surface area contributed by atoms with E-state index < -0.39 is 0 Å². The number of carbonyl (C=O) groups is 2. The molecule has 2 aliphatic heterocycles. The van der Waals surface area contributed by atoms with Crippen LogP contribution in [0.1, 0.15) is 19.3 Å². The Bertz CT molecular complexity index is 611. The van der Waals surface area contributed by atoms with Gasteiger partial charge in [0.1, 0.15) is 0 Å². The number of benzene rings is 1. The van der Waals surface area contributed by atoms with Gasteiger partial charge in [-0.25, -0.2) is 0 Å². The van der Waals surface area contributed by atoms with Gasteiger partial charge in [-0.2, -0.15) is 0 Å². The monoisotopic (exact) mass is 381 g/mol. The second-order valence-corrected chi connectivity index (χ2v) is 8.06. The van der Waals surface area contributed by atoms with Gasteiger partial charge in [0.05, 0.1) is 6.54 Å². The number of piperazine rings is 1. The van der Waals surface area contributed by atoms with Gasteiger partial charge in [0.2, 0.25) is 11.8 Å². The Hall–Kier alpha value is -1.24. The van der Waals surface area contributed by atoms with Crippen LogP contribution in [0.15, 0.2) is 29.2 Å². The van der Waals surface area contributed by atoms with Gasteiger partial charge in [0.25, 0.3) is 0 Å². The lowest BCUT2D eigenvalue weighted by molar-refractivity contribution is -0.140. The highest BCUT2D eigenvalue weighted by Crippen LogP contribution is 2.22. The Morgan fingerprint density at radius 2 is 2.08 bits per heavy atom. The fourth-order valence-corrected chi connectivity index (χ4v) is 4.35. The van der Waals surface area contributed by atoms with E-state index in [-0.39, 0.29) is 17.9 Å². The number of thioether (sulfide) groups is 1. The first-order valence-electron chi connectivity index (χ1n) is 8.80. The maximum absolute atomic E-state index is 12.5. The van der Waals surface area contributed by atoms with Crippen molar-refractivity contribution in [2.24, 2.45) is 0 Å². The molecule has 0 aliphatic carbocycles. The summed E-state index contributed by atoms with van der Waals surface area (Å²) in [6.45, 7) is 3.49. The highest BCUT2D eigenvalue weighted by atomic mass is 35.5. The molecule has 3 rings (SSSR count). The minimum Gasteiger partial charge on any atom is -0.341 e. The fourth-order valence-electron chi connectivity index (χ4n) is 3.39. The summed E-state index contributed by atoms with van der Waals surface area (Å²) in [7, 11) is 0. The van der Waals surface area contributed by atoms with E-state index in [2.05, 4.69) is 5.32 Å². The molecule has 1 atom stereocenters. The lowest BCUT2D eigenvalue weighted by Gasteiger charge is -2.41. The van der Waals surface area contributed by atoms with Crippen molar-refractivity contribution in [3.05, 3.63) is 29.3 Å². The van der Waals surface area contributed by atoms with Crippen LogP contribution in [0.4, 0.5) is 0 Å². The molecule has 1 unspecified atom stereocenters. The quantitative estimate of drug-likeness (QED) is 0.795. The van der Waals surface area contributed by atoms with Gasteiger partial charge in [-0.05, 0) is 37.1 Å². The van der Waals surface area contributed by atoms with Crippen LogP contribution >= 0.6 is 23.4 Å². The summed E-state index contributed by atoms with van der Waals surface area (Å²) in [6, 6.07) is 7.86. The Morgan fingerprint density at radius 1 is 1.28 bits per heavy atom. The fraction of sp³-hybridized carbons (Fsp3) is 0.556. The van der Waals surface area contributed by atoms with Gasteiger partial charge in [0.15, 0.2) is 0 Å². The molecule has 25 heavy (non-hydrogen) atoms. The average Bonchev–Trinajstić information content (AvgIpc) is 2.64. The molecule has 1 aromatic rings. The highest BCUT2D eigenvalue weighted by Gasteiger charge is 2.31. The van der Waals surface area contributed by atoms with E-state index in [1.807, 2.05) is 34.1 Å². The third kappa shape index (κ3) is 5.12. The van der Waals surface area contributed by atoms with Gasteiger partial charge >= 0.3 is 0 Å². The van der Waals surface area contributed by atoms with E-state index in [0.717, 1.165) is 48.1 Å². The van der Waals surface area contributed by atoms with Gasteiger partial charge in [-0.15, -0.1) is 11.8 Å². The molecule has 2 fully saturated rings. The summed E-state index contributed by atoms with van der Waals surface area (Å²) in [6.07, 6.45) is 2.49. The van der Waals surface area contributed by atoms with Gasteiger partial charge in [0, 0.05) is 54.3 Å². The maximum atomic E-state index is 12.5. The summed E-state index contributed by atoms with van der Waals surface area (Å²) < 4.78 is 0. The van der Waals surface area contributed by atoms with Crippen LogP contribution in [0.2, 0.25) is 5.02 Å². The van der Waals surface area contributed by atoms with Crippen molar-refractivity contribution >= 4 is 35.2 Å². The third-order valence-corrected chi connectivity index (χ3v) is 5.98. The molecule has 0 bridgehead atoms. The zero-order valence-corrected chi connectivity index (χ0v) is 15.8. The van der Waals surface area contributed by atoms with Crippen molar-refractivity contribution in [2.75, 3.05) is 38.5 Å². The van der Waals surface area contributed by atoms with Crippen molar-refractivity contribution in [3.8, 4) is 0 Å². The Labute approximate surface area is 158 Å². The number of amides is 2. The third-order valence-electron chi connectivity index (χ3n) is 4.71. The van der Waals surface area contributed by atoms with Crippen molar-refractivity contribution in [1.29, 1.82) is 0 Å². The molecule has 1 N–H and O–H groups in total. The predicted octanol–water partition coefficient (Wildman–Crippen LogP) is 2.25. The molecule has 5 nitrogen and oxygen atoms in total. The molecule has 2 aliphatic rings. The van der Waals surface area contributed by atoms with Crippen molar-refractivity contribution < 1.29 is 9.59 Å². The van der Waals surface area contributed by atoms with Gasteiger partial charge in [-0.1, -0.05) is 11.6 Å². The van der Waals surface area contributed by atoms with E-state index in [4.69, 9.17) is 11.6 Å². The zero-order chi connectivity index (χ0) is 17.6. The summed E-state index contributed by atoms with van der Waals surface area (Å²) >= 11 is 7.56. The van der Waals surface area contributed by atoms with Crippen LogP contribution < -0.4 is 5.32 Å². The number of piperidine rings is 1. The number of nitrogens with zero attached hydrogens (tertiary/aromatic N) is 2. The minimum atomic E-state index is 0.156. The smallest absolute Gasteiger partial charge is 0.236 e. The molecule has 0 aromatic heterocycles. The molecule has 2 heterocycles. The molecule has 0 saturated carbocycles. The Balaban J connectivity index is 1.46. The number of hydrogen-bond acceptors (Lipinski definition) is 4. The molecule has 0 radical (unpaired) electrons. The second kappa shape index (κ2) is 8.92. The largest absolute Gasteiger partial charge is 0.341 e. The molecular weight excluding hydrogens is 358 g/mol. The number of hydrogen-bond donors (Lipinski definition) is 1. The Kier molecular flexibility index (Phi) is 6.62. The highest BCUT2D eigenvalue weighted by molar-refractivity contribution is 7.99. The predicted molar refractivity (Wildman–Crippen MR) is 101 cm³/mol. The van der Waals surface area contributed by atoms with Gasteiger partial charge < -0.3 is 15.1 Å². The summed E-state index contributed by atoms with van der Waals surface area (Å²) in [5.41, 5.74) is 0. The van der Waals surface area contributed by atoms with E-state index in [9.17, 15) is 9.59 Å². The topological polar surface area (TPSA) is 52.7 Å². The molecule has 2 amide bonds. The van der Waals surface area contributed by atoms with E-state index in [0.29, 0.717) is 19.5 Å². The van der Waals surface area contributed by atoms with Crippen molar-refractivity contribution in [3.63, 3.8) is 0 Å². The zero-order valence-electron chi connectivity index (χ0n) is 14.2. The van der Waals surface area contributed by atoms with Crippen LogP contribution in [0.3, 0.4) is 0 Å². The maximum Gasteiger partial charge on any atom is 0.236 e. The van der Waals surface area contributed by atoms with E-state index in [1.165, 1.54) is 0 Å². The molecule has 2 saturated heterocycles. The summed E-state index contributed by atoms with van der Waals surface area (Å²) in [4.78, 5) is 29.6. The average molecular weight is 382 g/mol. The summed E-state index contributed by atoms with van der Waals surface area (Å²) in [5, 5.41) is 3.83. The lowest BCUT2D eigenvalue weighted by atomic mass is 10.0. The molecule has 7 heteroatoms. The van der Waals surface area contributed by atoms with Crippen LogP contribution in [-0.4, -0.2) is 66.1 Å². The van der Waals surface area contributed by atoms with Crippen LogP contribution in [0, 0.1) is 0 Å². The Morgan fingerprint density at radius 3 is 2.84 bits per heavy atom. The van der Waals surface area contributed by atoms with Crippen LogP contribution in [0.5, 0.6) is 0 Å². The van der Waals surface area contributed by atoms with E-state index >= 15 is 0 Å². The molecule has 0 spiro atoms. The summed E-state index contributed by atoms with van der Waals surface area (Å²) in [5.74, 6) is 1.10. The SMILES string of the molecule is O=C(CCSc1ccc(Cl)cc1)N1CCCC(N2CCNCC2=O)C1. The van der Waals surface area contributed by atoms with Gasteiger partial charge in [-0.3, -0.25) is 9.59 Å². The normalized spacial score (nSPS) is 21.5. The van der Waals surface area contributed by atoms with Crippen LogP contribution in [-0.2, 0) is 9.59 Å². The van der Waals surface area contributed by atoms with E-state index in [1.54, 1.807) is 11.8 Å². The molecular formula is C18H24ClN3O2S. The number of halogens is 1. The lowest BCUT2D eigenvalue weighted by Crippen LogP contribution is -2.57. The van der Waals surface area contributed by atoms with Crippen LogP contribution in [0.25, 0.3) is 0 Å².